The predicted molar refractivity (Wildman–Crippen MR) is 187 cm³/mol. The van der Waals surface area contributed by atoms with Crippen molar-refractivity contribution >= 4 is 39.6 Å². The molecule has 0 aromatic heterocycles. The summed E-state index contributed by atoms with van der Waals surface area (Å²) in [6.07, 6.45) is 6.14. The number of allylic oxidation sites excluding steroid dienone is 1. The Morgan fingerprint density at radius 3 is 2.50 bits per heavy atom. The fourth-order valence-electron chi connectivity index (χ4n) is 7.72. The maximum atomic E-state index is 14.6. The molecule has 1 aromatic carbocycles. The molecule has 48 heavy (non-hydrogen) atoms. The van der Waals surface area contributed by atoms with Crippen molar-refractivity contribution in [1.82, 2.24) is 14.7 Å². The maximum absolute atomic E-state index is 14.6. The van der Waals surface area contributed by atoms with E-state index in [2.05, 4.69) is 36.0 Å². The lowest BCUT2D eigenvalue weighted by Crippen LogP contribution is -2.59. The molecule has 1 aromatic rings. The van der Waals surface area contributed by atoms with Gasteiger partial charge in [0, 0.05) is 31.4 Å². The van der Waals surface area contributed by atoms with Crippen molar-refractivity contribution in [3.05, 3.63) is 61.2 Å². The normalized spacial score (nSPS) is 27.6. The van der Waals surface area contributed by atoms with Gasteiger partial charge in [0.05, 0.1) is 36.6 Å². The van der Waals surface area contributed by atoms with Crippen molar-refractivity contribution in [2.45, 2.75) is 106 Å². The second kappa shape index (κ2) is 16.6. The molecule has 10 nitrogen and oxygen atoms in total. The van der Waals surface area contributed by atoms with Gasteiger partial charge in [0.2, 0.25) is 17.7 Å². The van der Waals surface area contributed by atoms with Gasteiger partial charge in [0.25, 0.3) is 0 Å². The molecule has 0 aliphatic carbocycles. The van der Waals surface area contributed by atoms with E-state index in [1.54, 1.807) is 29.0 Å². The molecule has 3 fully saturated rings. The molecule has 4 rings (SSSR count). The number of unbranched alkanes of at least 4 members (excludes halogenated alkanes) is 2. The molecule has 11 heteroatoms. The Morgan fingerprint density at radius 2 is 1.90 bits per heavy atom. The number of nitrogens with zero attached hydrogens (tertiary/aromatic N) is 3. The molecular formula is C37H52BrN3O7. The van der Waals surface area contributed by atoms with E-state index in [-0.39, 0.29) is 35.6 Å². The summed E-state index contributed by atoms with van der Waals surface area (Å²) in [7, 11) is 1.69. The van der Waals surface area contributed by atoms with Gasteiger partial charge in [0.15, 0.2) is 0 Å². The van der Waals surface area contributed by atoms with E-state index in [1.165, 1.54) is 4.90 Å². The van der Waals surface area contributed by atoms with Gasteiger partial charge in [-0.2, -0.15) is 0 Å². The number of hydrogen-bond donors (Lipinski definition) is 1. The lowest BCUT2D eigenvalue weighted by Gasteiger charge is -2.39. The number of aliphatic hydroxyl groups is 1. The van der Waals surface area contributed by atoms with Gasteiger partial charge in [-0.05, 0) is 38.2 Å². The second-order valence-electron chi connectivity index (χ2n) is 13.3. The van der Waals surface area contributed by atoms with Crippen LogP contribution in [0.25, 0.3) is 0 Å². The number of benzene rings is 1. The van der Waals surface area contributed by atoms with E-state index in [0.717, 1.165) is 19.3 Å². The number of likely N-dealkylation sites (N-methyl/N-ethyl adjacent to an activating group) is 1. The standard InChI is InChI=1S/C37H52BrN3O7/c1-7-11-16-21-40(20-9-3)35(45)33-37-22-27(38)32(48-37)29(30(37)34(44)41(33)26(10-4)23-42)36(46)47-31(25-17-14-13-15-18-25)24(5)39(6)28(43)19-12-8-2/h8-9,13-15,17-18,24,26-27,29-33,42H,2-3,7,10-12,16,19-23H2,1,4-6H3/t24-,26+,27?,29-,30+,31+,32-,33-,37+/m1/s1. The molecule has 3 saturated heterocycles. The van der Waals surface area contributed by atoms with Crippen molar-refractivity contribution in [3.63, 3.8) is 0 Å². The van der Waals surface area contributed by atoms with Gasteiger partial charge in [-0.3, -0.25) is 19.2 Å². The molecule has 3 aliphatic heterocycles. The number of hydrogen-bond acceptors (Lipinski definition) is 7. The summed E-state index contributed by atoms with van der Waals surface area (Å²) in [6.45, 7) is 13.8. The van der Waals surface area contributed by atoms with E-state index in [0.29, 0.717) is 37.9 Å². The molecular weight excluding hydrogens is 678 g/mol. The number of carbonyl (C=O) groups is 4. The monoisotopic (exact) mass is 729 g/mol. The topological polar surface area (TPSA) is 117 Å². The summed E-state index contributed by atoms with van der Waals surface area (Å²) >= 11 is 3.73. The first-order chi connectivity index (χ1) is 23.0. The molecule has 0 radical (unpaired) electrons. The van der Waals surface area contributed by atoms with Gasteiger partial charge in [-0.1, -0.05) is 85.1 Å². The first-order valence-corrected chi connectivity index (χ1v) is 18.2. The summed E-state index contributed by atoms with van der Waals surface area (Å²) < 4.78 is 13.0. The zero-order valence-corrected chi connectivity index (χ0v) is 30.3. The Labute approximate surface area is 293 Å². The molecule has 1 spiro atoms. The predicted octanol–water partition coefficient (Wildman–Crippen LogP) is 4.81. The number of amides is 3. The smallest absolute Gasteiger partial charge is 0.313 e. The Hall–Kier alpha value is -3.02. The average molecular weight is 731 g/mol. The lowest BCUT2D eigenvalue weighted by molar-refractivity contribution is -0.165. The summed E-state index contributed by atoms with van der Waals surface area (Å²) in [5, 5.41) is 10.4. The highest BCUT2D eigenvalue weighted by Crippen LogP contribution is 2.61. The molecule has 2 bridgehead atoms. The molecule has 0 saturated carbocycles. The molecule has 1 N–H and O–H groups in total. The Bertz CT molecular complexity index is 1320. The minimum absolute atomic E-state index is 0.109. The van der Waals surface area contributed by atoms with Crippen LogP contribution in [0.15, 0.2) is 55.6 Å². The molecule has 9 atom stereocenters. The largest absolute Gasteiger partial charge is 0.455 e. The van der Waals surface area contributed by atoms with E-state index in [9.17, 15) is 24.3 Å². The third kappa shape index (κ3) is 7.14. The summed E-state index contributed by atoms with van der Waals surface area (Å²) in [5.41, 5.74) is -0.573. The number of halogens is 1. The van der Waals surface area contributed by atoms with Crippen molar-refractivity contribution in [2.24, 2.45) is 11.8 Å². The number of alkyl halides is 1. The van der Waals surface area contributed by atoms with Crippen LogP contribution in [0.1, 0.15) is 77.4 Å². The van der Waals surface area contributed by atoms with Crippen LogP contribution in [0.3, 0.4) is 0 Å². The highest BCUT2D eigenvalue weighted by Gasteiger charge is 2.77. The molecule has 264 valence electrons. The number of aliphatic hydroxyl groups excluding tert-OH is 1. The number of esters is 1. The van der Waals surface area contributed by atoms with Crippen molar-refractivity contribution in [1.29, 1.82) is 0 Å². The van der Waals surface area contributed by atoms with Gasteiger partial charge in [0.1, 0.15) is 17.7 Å². The second-order valence-corrected chi connectivity index (χ2v) is 14.5. The van der Waals surface area contributed by atoms with Gasteiger partial charge < -0.3 is 29.3 Å². The third-order valence-electron chi connectivity index (χ3n) is 10.4. The highest BCUT2D eigenvalue weighted by atomic mass is 79.9. The molecule has 3 aliphatic rings. The van der Waals surface area contributed by atoms with E-state index >= 15 is 0 Å². The van der Waals surface area contributed by atoms with Gasteiger partial charge in [-0.15, -0.1) is 13.2 Å². The van der Waals surface area contributed by atoms with E-state index < -0.39 is 53.7 Å². The van der Waals surface area contributed by atoms with Crippen molar-refractivity contribution < 1.29 is 33.8 Å². The Morgan fingerprint density at radius 1 is 1.19 bits per heavy atom. The quantitative estimate of drug-likeness (QED) is 0.0999. The first kappa shape index (κ1) is 37.8. The van der Waals surface area contributed by atoms with Crippen LogP contribution in [-0.2, 0) is 28.7 Å². The van der Waals surface area contributed by atoms with Crippen LogP contribution in [0.5, 0.6) is 0 Å². The Balaban J connectivity index is 1.72. The number of ether oxygens (including phenoxy) is 2. The number of carbonyl (C=O) groups excluding carboxylic acids is 4. The van der Waals surface area contributed by atoms with Gasteiger partial charge in [-0.25, -0.2) is 0 Å². The summed E-state index contributed by atoms with van der Waals surface area (Å²) in [4.78, 5) is 61.0. The van der Waals surface area contributed by atoms with E-state index in [4.69, 9.17) is 9.47 Å². The van der Waals surface area contributed by atoms with E-state index in [1.807, 2.05) is 44.2 Å². The molecule has 1 unspecified atom stereocenters. The zero-order chi connectivity index (χ0) is 35.2. The van der Waals surface area contributed by atoms with Crippen LogP contribution in [-0.4, -0.2) is 105 Å². The SMILES string of the molecule is C=CCCC(=O)N(C)[C@H](C)[C@H](OC(=O)[C@H]1[C@@H]2O[C@@]3(CC2Br)[C@@H]1C(=O)N([C@@H](CC)CO)[C@@H]3C(=O)N(CC=C)CCCCC)c1ccccc1. The molecule has 3 heterocycles. The van der Waals surface area contributed by atoms with Crippen LogP contribution in [0.4, 0.5) is 0 Å². The lowest BCUT2D eigenvalue weighted by atomic mass is 9.70. The van der Waals surface area contributed by atoms with Crippen molar-refractivity contribution in [3.8, 4) is 0 Å². The van der Waals surface area contributed by atoms with Gasteiger partial charge >= 0.3 is 5.97 Å². The van der Waals surface area contributed by atoms with Crippen LogP contribution in [0, 0.1) is 11.8 Å². The van der Waals surface area contributed by atoms with Crippen LogP contribution < -0.4 is 0 Å². The Kier molecular flexibility index (Phi) is 13.1. The average Bonchev–Trinajstić information content (AvgIpc) is 3.69. The van der Waals surface area contributed by atoms with Crippen LogP contribution in [0.2, 0.25) is 0 Å². The summed E-state index contributed by atoms with van der Waals surface area (Å²) in [6, 6.07) is 7.07. The number of rotatable bonds is 18. The number of likely N-dealkylation sites (tertiary alicyclic amines) is 1. The fourth-order valence-corrected chi connectivity index (χ4v) is 8.66. The highest BCUT2D eigenvalue weighted by molar-refractivity contribution is 9.09. The van der Waals surface area contributed by atoms with Crippen molar-refractivity contribution in [2.75, 3.05) is 26.7 Å². The van der Waals surface area contributed by atoms with Crippen LogP contribution >= 0.6 is 15.9 Å². The summed E-state index contributed by atoms with van der Waals surface area (Å²) in [5.74, 6) is -3.35. The third-order valence-corrected chi connectivity index (χ3v) is 11.2. The molecule has 3 amide bonds. The maximum Gasteiger partial charge on any atom is 0.313 e. The minimum Gasteiger partial charge on any atom is -0.455 e. The first-order valence-electron chi connectivity index (χ1n) is 17.3. The number of fused-ring (bicyclic) bond motifs is 1. The zero-order valence-electron chi connectivity index (χ0n) is 28.8. The minimum atomic E-state index is -1.28. The fraction of sp³-hybridized carbons (Fsp3) is 0.622.